The molecule has 1 aromatic carbocycles. The van der Waals surface area contributed by atoms with E-state index in [1.54, 1.807) is 23.3 Å². The molecule has 0 radical (unpaired) electrons. The number of sulfone groups is 1. The van der Waals surface area contributed by atoms with Crippen molar-refractivity contribution in [3.05, 3.63) is 42.7 Å². The number of anilines is 1. The average Bonchev–Trinajstić information content (AvgIpc) is 3.01. The second-order valence-corrected chi connectivity index (χ2v) is 8.38. The number of nitrogens with zero attached hydrogens (tertiary/aromatic N) is 1. The molecule has 1 aliphatic heterocycles. The molecule has 1 fully saturated rings. The Hall–Kier alpha value is -2.28. The smallest absolute Gasteiger partial charge is 0.321 e. The number of urea groups is 1. The van der Waals surface area contributed by atoms with Crippen LogP contribution in [0.5, 0.6) is 0 Å². The third kappa shape index (κ3) is 3.97. The van der Waals surface area contributed by atoms with Gasteiger partial charge in [0.25, 0.3) is 0 Å². The SMILES string of the molecule is C[C@H]1CN(C(=O)Nc2ccc(-c3ccco3)cc2)CCS(=O)(=O)C1. The zero-order valence-corrected chi connectivity index (χ0v) is 14.3. The number of amides is 2. The first-order valence-electron chi connectivity index (χ1n) is 7.83. The lowest BCUT2D eigenvalue weighted by Crippen LogP contribution is -2.38. The van der Waals surface area contributed by atoms with Gasteiger partial charge in [-0.1, -0.05) is 6.92 Å². The van der Waals surface area contributed by atoms with Crippen molar-refractivity contribution >= 4 is 21.6 Å². The second kappa shape index (κ2) is 6.68. The molecule has 0 aliphatic carbocycles. The fraction of sp³-hybridized carbons (Fsp3) is 0.353. The van der Waals surface area contributed by atoms with Crippen LogP contribution in [0, 0.1) is 5.92 Å². The summed E-state index contributed by atoms with van der Waals surface area (Å²) in [6.45, 7) is 2.51. The minimum absolute atomic E-state index is 0.0161. The van der Waals surface area contributed by atoms with E-state index in [0.29, 0.717) is 12.2 Å². The molecule has 6 nitrogen and oxygen atoms in total. The highest BCUT2D eigenvalue weighted by molar-refractivity contribution is 7.91. The average molecular weight is 348 g/mol. The van der Waals surface area contributed by atoms with Gasteiger partial charge < -0.3 is 14.6 Å². The number of carbonyl (C=O) groups excluding carboxylic acids is 1. The van der Waals surface area contributed by atoms with Gasteiger partial charge in [-0.25, -0.2) is 13.2 Å². The zero-order valence-electron chi connectivity index (χ0n) is 13.4. The summed E-state index contributed by atoms with van der Waals surface area (Å²) in [6.07, 6.45) is 1.61. The number of benzene rings is 1. The summed E-state index contributed by atoms with van der Waals surface area (Å²) < 4.78 is 28.9. The van der Waals surface area contributed by atoms with Crippen LogP contribution in [0.25, 0.3) is 11.3 Å². The van der Waals surface area contributed by atoms with Crippen LogP contribution >= 0.6 is 0 Å². The molecular weight excluding hydrogens is 328 g/mol. The monoisotopic (exact) mass is 348 g/mol. The number of furan rings is 1. The Kier molecular flexibility index (Phi) is 4.62. The van der Waals surface area contributed by atoms with Crippen molar-refractivity contribution in [1.82, 2.24) is 4.90 Å². The lowest BCUT2D eigenvalue weighted by Gasteiger charge is -2.22. The normalized spacial score (nSPS) is 20.4. The summed E-state index contributed by atoms with van der Waals surface area (Å²) in [4.78, 5) is 14.0. The van der Waals surface area contributed by atoms with Crippen molar-refractivity contribution in [3.8, 4) is 11.3 Å². The van der Waals surface area contributed by atoms with E-state index >= 15 is 0 Å². The van der Waals surface area contributed by atoms with Gasteiger partial charge in [0.05, 0.1) is 17.8 Å². The molecule has 2 aromatic rings. The zero-order chi connectivity index (χ0) is 17.2. The molecule has 1 atom stereocenters. The maximum Gasteiger partial charge on any atom is 0.321 e. The molecule has 7 heteroatoms. The Morgan fingerprint density at radius 2 is 2.00 bits per heavy atom. The Balaban J connectivity index is 1.66. The van der Waals surface area contributed by atoms with Crippen LogP contribution in [0.2, 0.25) is 0 Å². The van der Waals surface area contributed by atoms with Crippen LogP contribution in [0.3, 0.4) is 0 Å². The number of hydrogen-bond donors (Lipinski definition) is 1. The van der Waals surface area contributed by atoms with Crippen molar-refractivity contribution in [1.29, 1.82) is 0 Å². The van der Waals surface area contributed by atoms with Gasteiger partial charge in [-0.05, 0) is 42.3 Å². The van der Waals surface area contributed by atoms with Gasteiger partial charge in [-0.2, -0.15) is 0 Å². The van der Waals surface area contributed by atoms with E-state index in [2.05, 4.69) is 5.32 Å². The van der Waals surface area contributed by atoms with E-state index < -0.39 is 9.84 Å². The van der Waals surface area contributed by atoms with Gasteiger partial charge in [-0.15, -0.1) is 0 Å². The maximum atomic E-state index is 12.4. The third-order valence-electron chi connectivity index (χ3n) is 3.97. The molecule has 0 saturated carbocycles. The highest BCUT2D eigenvalue weighted by Gasteiger charge is 2.26. The Labute approximate surface area is 141 Å². The molecule has 1 aromatic heterocycles. The summed E-state index contributed by atoms with van der Waals surface area (Å²) in [6, 6.07) is 10.7. The third-order valence-corrected chi connectivity index (χ3v) is 5.85. The van der Waals surface area contributed by atoms with Gasteiger partial charge in [0.1, 0.15) is 5.76 Å². The lowest BCUT2D eigenvalue weighted by molar-refractivity contribution is 0.210. The van der Waals surface area contributed by atoms with E-state index in [4.69, 9.17) is 4.42 Å². The van der Waals surface area contributed by atoms with E-state index in [-0.39, 0.29) is 30.0 Å². The van der Waals surface area contributed by atoms with Gasteiger partial charge in [0.2, 0.25) is 0 Å². The van der Waals surface area contributed by atoms with E-state index in [1.807, 2.05) is 31.2 Å². The van der Waals surface area contributed by atoms with Crippen molar-refractivity contribution in [2.45, 2.75) is 6.92 Å². The van der Waals surface area contributed by atoms with Crippen LogP contribution in [0.1, 0.15) is 6.92 Å². The molecular formula is C17H20N2O4S. The first kappa shape index (κ1) is 16.6. The van der Waals surface area contributed by atoms with Crippen LogP contribution in [-0.4, -0.2) is 43.9 Å². The van der Waals surface area contributed by atoms with Crippen molar-refractivity contribution in [3.63, 3.8) is 0 Å². The molecule has 0 unspecified atom stereocenters. The van der Waals surface area contributed by atoms with Crippen LogP contribution in [0.15, 0.2) is 47.1 Å². The molecule has 1 saturated heterocycles. The molecule has 1 aliphatic rings. The number of rotatable bonds is 2. The summed E-state index contributed by atoms with van der Waals surface area (Å²) in [5.41, 5.74) is 1.59. The predicted octanol–water partition coefficient (Wildman–Crippen LogP) is 2.85. The Bertz CT molecular complexity index is 798. The Morgan fingerprint density at radius 3 is 2.67 bits per heavy atom. The quantitative estimate of drug-likeness (QED) is 0.905. The highest BCUT2D eigenvalue weighted by atomic mass is 32.2. The van der Waals surface area contributed by atoms with E-state index in [1.165, 1.54) is 0 Å². The van der Waals surface area contributed by atoms with Crippen LogP contribution < -0.4 is 5.32 Å². The minimum Gasteiger partial charge on any atom is -0.464 e. The van der Waals surface area contributed by atoms with Gasteiger partial charge >= 0.3 is 6.03 Å². The Morgan fingerprint density at radius 1 is 1.25 bits per heavy atom. The van der Waals surface area contributed by atoms with Gasteiger partial charge in [0, 0.05) is 24.3 Å². The fourth-order valence-corrected chi connectivity index (χ4v) is 4.47. The standard InChI is InChI=1S/C17H20N2O4S/c1-13-11-19(8-10-24(21,22)12-13)17(20)18-15-6-4-14(5-7-15)16-3-2-9-23-16/h2-7,9,13H,8,10-12H2,1H3,(H,18,20)/t13-/m0/s1. The highest BCUT2D eigenvalue weighted by Crippen LogP contribution is 2.22. The molecule has 2 heterocycles. The predicted molar refractivity (Wildman–Crippen MR) is 92.6 cm³/mol. The molecule has 24 heavy (non-hydrogen) atoms. The molecule has 1 N–H and O–H groups in total. The number of carbonyl (C=O) groups is 1. The lowest BCUT2D eigenvalue weighted by atomic mass is 10.1. The van der Waals surface area contributed by atoms with Crippen molar-refractivity contribution in [2.75, 3.05) is 29.9 Å². The van der Waals surface area contributed by atoms with E-state index in [0.717, 1.165) is 11.3 Å². The van der Waals surface area contributed by atoms with Crippen molar-refractivity contribution in [2.24, 2.45) is 5.92 Å². The van der Waals surface area contributed by atoms with Crippen LogP contribution in [-0.2, 0) is 9.84 Å². The topological polar surface area (TPSA) is 79.6 Å². The molecule has 3 rings (SSSR count). The number of nitrogens with one attached hydrogen (secondary N) is 1. The summed E-state index contributed by atoms with van der Waals surface area (Å²) in [7, 11) is -3.07. The first-order valence-corrected chi connectivity index (χ1v) is 9.65. The minimum atomic E-state index is -3.07. The number of hydrogen-bond acceptors (Lipinski definition) is 4. The summed E-state index contributed by atoms with van der Waals surface area (Å²) in [5.74, 6) is 0.848. The molecule has 0 bridgehead atoms. The summed E-state index contributed by atoms with van der Waals surface area (Å²) in [5, 5.41) is 2.82. The van der Waals surface area contributed by atoms with Gasteiger partial charge in [0.15, 0.2) is 9.84 Å². The molecule has 128 valence electrons. The van der Waals surface area contributed by atoms with Crippen LogP contribution in [0.4, 0.5) is 10.5 Å². The first-order chi connectivity index (χ1) is 11.4. The van der Waals surface area contributed by atoms with Crippen molar-refractivity contribution < 1.29 is 17.6 Å². The fourth-order valence-electron chi connectivity index (χ4n) is 2.83. The van der Waals surface area contributed by atoms with Gasteiger partial charge in [-0.3, -0.25) is 0 Å². The summed E-state index contributed by atoms with van der Waals surface area (Å²) >= 11 is 0. The molecule has 0 spiro atoms. The second-order valence-electron chi connectivity index (χ2n) is 6.15. The maximum absolute atomic E-state index is 12.4. The molecule has 2 amide bonds. The largest absolute Gasteiger partial charge is 0.464 e. The van der Waals surface area contributed by atoms with E-state index in [9.17, 15) is 13.2 Å².